The van der Waals surface area contributed by atoms with Crippen molar-refractivity contribution >= 4 is 10.0 Å². The first-order valence-corrected chi connectivity index (χ1v) is 8.68. The minimum atomic E-state index is -3.67. The normalized spacial score (nSPS) is 20.2. The number of sulfonamides is 1. The lowest BCUT2D eigenvalue weighted by Gasteiger charge is -2.31. The summed E-state index contributed by atoms with van der Waals surface area (Å²) in [5, 5.41) is 0. The maximum absolute atomic E-state index is 13.3. The van der Waals surface area contributed by atoms with E-state index in [4.69, 9.17) is 0 Å². The van der Waals surface area contributed by atoms with E-state index < -0.39 is 15.8 Å². The van der Waals surface area contributed by atoms with Crippen LogP contribution in [0.4, 0.5) is 4.39 Å². The Morgan fingerprint density at radius 3 is 2.91 bits per heavy atom. The van der Waals surface area contributed by atoms with Crippen molar-refractivity contribution in [1.29, 1.82) is 0 Å². The van der Waals surface area contributed by atoms with Crippen molar-refractivity contribution in [3.05, 3.63) is 47.8 Å². The SMILES string of the molecule is Cc1cnc(C2CCCN(S(=O)(=O)c3cccc(F)c3)C2)[nH]1. The van der Waals surface area contributed by atoms with Crippen molar-refractivity contribution in [2.45, 2.75) is 30.6 Å². The summed E-state index contributed by atoms with van der Waals surface area (Å²) >= 11 is 0. The number of halogens is 1. The number of nitrogens with zero attached hydrogens (tertiary/aromatic N) is 2. The fraction of sp³-hybridized carbons (Fsp3) is 0.400. The van der Waals surface area contributed by atoms with Gasteiger partial charge in [-0.2, -0.15) is 4.31 Å². The molecule has 0 amide bonds. The number of piperidine rings is 1. The van der Waals surface area contributed by atoms with Crippen LogP contribution in [-0.2, 0) is 10.0 Å². The first-order chi connectivity index (χ1) is 10.5. The molecule has 1 aliphatic heterocycles. The quantitative estimate of drug-likeness (QED) is 0.943. The van der Waals surface area contributed by atoms with Gasteiger partial charge in [0.2, 0.25) is 10.0 Å². The largest absolute Gasteiger partial charge is 0.346 e. The van der Waals surface area contributed by atoms with Gasteiger partial charge in [0.25, 0.3) is 0 Å². The van der Waals surface area contributed by atoms with Gasteiger partial charge in [0.05, 0.1) is 4.90 Å². The van der Waals surface area contributed by atoms with E-state index in [-0.39, 0.29) is 10.8 Å². The number of benzene rings is 1. The summed E-state index contributed by atoms with van der Waals surface area (Å²) in [6, 6.07) is 5.15. The summed E-state index contributed by atoms with van der Waals surface area (Å²) in [5.41, 5.74) is 0.958. The van der Waals surface area contributed by atoms with Crippen LogP contribution in [0.5, 0.6) is 0 Å². The molecule has 1 N–H and O–H groups in total. The van der Waals surface area contributed by atoms with Crippen molar-refractivity contribution in [3.63, 3.8) is 0 Å². The monoisotopic (exact) mass is 323 g/mol. The van der Waals surface area contributed by atoms with Crippen LogP contribution in [0.3, 0.4) is 0 Å². The Kier molecular flexibility index (Phi) is 4.01. The highest BCUT2D eigenvalue weighted by atomic mass is 32.2. The van der Waals surface area contributed by atoms with E-state index in [0.29, 0.717) is 13.1 Å². The Labute approximate surface area is 129 Å². The third kappa shape index (κ3) is 2.91. The van der Waals surface area contributed by atoms with Gasteiger partial charge in [0.15, 0.2) is 0 Å². The van der Waals surface area contributed by atoms with Crippen LogP contribution in [0.1, 0.15) is 30.3 Å². The van der Waals surface area contributed by atoms with E-state index >= 15 is 0 Å². The van der Waals surface area contributed by atoms with Crippen LogP contribution in [0.15, 0.2) is 35.4 Å². The number of aryl methyl sites for hydroxylation is 1. The maximum Gasteiger partial charge on any atom is 0.243 e. The standard InChI is InChI=1S/C15H18FN3O2S/c1-11-9-17-15(18-11)12-4-3-7-19(10-12)22(20,21)14-6-2-5-13(16)8-14/h2,5-6,8-9,12H,3-4,7,10H2,1H3,(H,17,18). The summed E-state index contributed by atoms with van der Waals surface area (Å²) in [6.45, 7) is 2.74. The van der Waals surface area contributed by atoms with Gasteiger partial charge in [-0.25, -0.2) is 17.8 Å². The molecule has 1 aliphatic rings. The van der Waals surface area contributed by atoms with Crippen molar-refractivity contribution in [2.24, 2.45) is 0 Å². The first-order valence-electron chi connectivity index (χ1n) is 7.24. The molecule has 1 atom stereocenters. The van der Waals surface area contributed by atoms with Gasteiger partial charge in [-0.1, -0.05) is 6.07 Å². The van der Waals surface area contributed by atoms with E-state index in [9.17, 15) is 12.8 Å². The predicted molar refractivity (Wildman–Crippen MR) is 80.5 cm³/mol. The number of aromatic nitrogens is 2. The minimum Gasteiger partial charge on any atom is -0.346 e. The summed E-state index contributed by atoms with van der Waals surface area (Å²) in [6.07, 6.45) is 3.40. The lowest BCUT2D eigenvalue weighted by molar-refractivity contribution is 0.310. The fourth-order valence-electron chi connectivity index (χ4n) is 2.80. The van der Waals surface area contributed by atoms with Crippen LogP contribution in [0, 0.1) is 12.7 Å². The van der Waals surface area contributed by atoms with Crippen molar-refractivity contribution in [2.75, 3.05) is 13.1 Å². The van der Waals surface area contributed by atoms with E-state index in [1.165, 1.54) is 22.5 Å². The first kappa shape index (κ1) is 15.2. The van der Waals surface area contributed by atoms with Crippen molar-refractivity contribution in [1.82, 2.24) is 14.3 Å². The average Bonchev–Trinajstić information content (AvgIpc) is 2.94. The van der Waals surface area contributed by atoms with E-state index in [1.807, 2.05) is 6.92 Å². The molecule has 0 saturated carbocycles. The molecule has 3 rings (SSSR count). The number of nitrogens with one attached hydrogen (secondary N) is 1. The number of hydrogen-bond acceptors (Lipinski definition) is 3. The molecule has 2 aromatic rings. The summed E-state index contributed by atoms with van der Waals surface area (Å²) in [5.74, 6) is 0.318. The fourth-order valence-corrected chi connectivity index (χ4v) is 4.36. The zero-order valence-electron chi connectivity index (χ0n) is 12.3. The highest BCUT2D eigenvalue weighted by molar-refractivity contribution is 7.89. The number of imidazole rings is 1. The Morgan fingerprint density at radius 1 is 1.41 bits per heavy atom. The van der Waals surface area contributed by atoms with Crippen LogP contribution < -0.4 is 0 Å². The van der Waals surface area contributed by atoms with Gasteiger partial charge < -0.3 is 4.98 Å². The van der Waals surface area contributed by atoms with E-state index in [1.54, 1.807) is 6.20 Å². The third-order valence-electron chi connectivity index (χ3n) is 3.93. The summed E-state index contributed by atoms with van der Waals surface area (Å²) < 4.78 is 40.0. The molecule has 5 nitrogen and oxygen atoms in total. The van der Waals surface area contributed by atoms with Gasteiger partial charge in [0, 0.05) is 30.9 Å². The minimum absolute atomic E-state index is 0.00350. The Bertz CT molecular complexity index is 773. The zero-order chi connectivity index (χ0) is 15.7. The molecule has 0 spiro atoms. The molecule has 22 heavy (non-hydrogen) atoms. The highest BCUT2D eigenvalue weighted by Gasteiger charge is 2.32. The molecule has 1 saturated heterocycles. The van der Waals surface area contributed by atoms with Gasteiger partial charge in [-0.05, 0) is 38.0 Å². The van der Waals surface area contributed by atoms with Gasteiger partial charge in [-0.3, -0.25) is 0 Å². The molecule has 1 aromatic carbocycles. The predicted octanol–water partition coefficient (Wildman–Crippen LogP) is 2.43. The number of aromatic amines is 1. The number of H-pyrrole nitrogens is 1. The second-order valence-corrected chi connectivity index (χ2v) is 7.55. The Hall–Kier alpha value is -1.73. The molecular weight excluding hydrogens is 305 g/mol. The van der Waals surface area contributed by atoms with Crippen LogP contribution in [-0.4, -0.2) is 35.8 Å². The molecule has 1 unspecified atom stereocenters. The summed E-state index contributed by atoms with van der Waals surface area (Å²) in [4.78, 5) is 7.48. The molecular formula is C15H18FN3O2S. The van der Waals surface area contributed by atoms with Crippen molar-refractivity contribution < 1.29 is 12.8 Å². The van der Waals surface area contributed by atoms with Gasteiger partial charge in [-0.15, -0.1) is 0 Å². The van der Waals surface area contributed by atoms with E-state index in [0.717, 1.165) is 30.4 Å². The average molecular weight is 323 g/mol. The molecule has 0 bridgehead atoms. The second kappa shape index (κ2) is 5.81. The van der Waals surface area contributed by atoms with Gasteiger partial charge in [0.1, 0.15) is 11.6 Å². The second-order valence-electron chi connectivity index (χ2n) is 5.61. The molecule has 7 heteroatoms. The molecule has 118 valence electrons. The lowest BCUT2D eigenvalue weighted by Crippen LogP contribution is -2.39. The smallest absolute Gasteiger partial charge is 0.243 e. The molecule has 2 heterocycles. The Morgan fingerprint density at radius 2 is 2.23 bits per heavy atom. The van der Waals surface area contributed by atoms with Gasteiger partial charge >= 0.3 is 0 Å². The molecule has 0 aliphatic carbocycles. The van der Waals surface area contributed by atoms with Crippen molar-refractivity contribution in [3.8, 4) is 0 Å². The van der Waals surface area contributed by atoms with Crippen LogP contribution >= 0.6 is 0 Å². The number of rotatable bonds is 3. The molecule has 1 fully saturated rings. The summed E-state index contributed by atoms with van der Waals surface area (Å²) in [7, 11) is -3.67. The lowest BCUT2D eigenvalue weighted by atomic mass is 9.99. The third-order valence-corrected chi connectivity index (χ3v) is 5.79. The van der Waals surface area contributed by atoms with Crippen LogP contribution in [0.2, 0.25) is 0 Å². The maximum atomic E-state index is 13.3. The van der Waals surface area contributed by atoms with Crippen LogP contribution in [0.25, 0.3) is 0 Å². The topological polar surface area (TPSA) is 66.1 Å². The number of hydrogen-bond donors (Lipinski definition) is 1. The zero-order valence-corrected chi connectivity index (χ0v) is 13.1. The van der Waals surface area contributed by atoms with E-state index in [2.05, 4.69) is 9.97 Å². The Balaban J connectivity index is 1.85. The highest BCUT2D eigenvalue weighted by Crippen LogP contribution is 2.29. The molecule has 1 aromatic heterocycles. The molecule has 0 radical (unpaired) electrons.